The van der Waals surface area contributed by atoms with E-state index in [4.69, 9.17) is 0 Å². The third-order valence-electron chi connectivity index (χ3n) is 4.19. The van der Waals surface area contributed by atoms with Crippen LogP contribution in [0.1, 0.15) is 67.2 Å². The van der Waals surface area contributed by atoms with Gasteiger partial charge in [-0.2, -0.15) is 0 Å². The highest BCUT2D eigenvalue weighted by Crippen LogP contribution is 2.36. The van der Waals surface area contributed by atoms with E-state index in [0.29, 0.717) is 5.92 Å². The first kappa shape index (κ1) is 16.7. The molecule has 0 heterocycles. The molecule has 2 atom stereocenters. The maximum atomic E-state index is 12.4. The topological polar surface area (TPSA) is 46.2 Å². The summed E-state index contributed by atoms with van der Waals surface area (Å²) in [5.74, 6) is 0.424. The Morgan fingerprint density at radius 2 is 2.00 bits per heavy atom. The van der Waals surface area contributed by atoms with E-state index < -0.39 is 20.3 Å². The molecule has 19 heavy (non-hydrogen) atoms. The van der Waals surface area contributed by atoms with E-state index in [-0.39, 0.29) is 0 Å². The lowest BCUT2D eigenvalue weighted by Crippen LogP contribution is -2.54. The Kier molecular flexibility index (Phi) is 4.89. The highest BCUT2D eigenvalue weighted by molar-refractivity contribution is 7.90. The van der Waals surface area contributed by atoms with Gasteiger partial charge in [0.2, 0.25) is 10.0 Å². The van der Waals surface area contributed by atoms with Gasteiger partial charge in [-0.3, -0.25) is 0 Å². The molecule has 1 rings (SSSR count). The molecule has 1 aliphatic carbocycles. The van der Waals surface area contributed by atoms with Gasteiger partial charge in [0.15, 0.2) is 0 Å². The number of hydrogen-bond donors (Lipinski definition) is 1. The van der Waals surface area contributed by atoms with E-state index in [9.17, 15) is 8.42 Å². The molecule has 0 radical (unpaired) electrons. The molecule has 0 aromatic heterocycles. The standard InChI is InChI=1S/C15H29NO2S/c1-7-12(2)13-10-8-9-11-15(13,6)16-19(17,18)14(3,4)5/h10,12,16H,7-9,11H2,1-6H3. The zero-order valence-corrected chi connectivity index (χ0v) is 14.0. The second kappa shape index (κ2) is 5.57. The molecule has 0 aromatic rings. The van der Waals surface area contributed by atoms with Crippen LogP contribution in [0.3, 0.4) is 0 Å². The summed E-state index contributed by atoms with van der Waals surface area (Å²) in [6.45, 7) is 11.6. The normalized spacial score (nSPS) is 26.9. The molecule has 0 amide bonds. The molecular weight excluding hydrogens is 258 g/mol. The van der Waals surface area contributed by atoms with Gasteiger partial charge in [-0.15, -0.1) is 0 Å². The van der Waals surface area contributed by atoms with Crippen molar-refractivity contribution in [1.29, 1.82) is 0 Å². The van der Waals surface area contributed by atoms with Crippen molar-refractivity contribution in [3.63, 3.8) is 0 Å². The molecular formula is C15H29NO2S. The maximum absolute atomic E-state index is 12.4. The fourth-order valence-electron chi connectivity index (χ4n) is 2.61. The zero-order valence-electron chi connectivity index (χ0n) is 13.2. The monoisotopic (exact) mass is 287 g/mol. The quantitative estimate of drug-likeness (QED) is 0.803. The van der Waals surface area contributed by atoms with Crippen LogP contribution in [0.2, 0.25) is 0 Å². The van der Waals surface area contributed by atoms with Crippen LogP contribution in [0.5, 0.6) is 0 Å². The molecule has 112 valence electrons. The lowest BCUT2D eigenvalue weighted by Gasteiger charge is -2.40. The van der Waals surface area contributed by atoms with Crippen molar-refractivity contribution in [2.45, 2.75) is 77.5 Å². The summed E-state index contributed by atoms with van der Waals surface area (Å²) >= 11 is 0. The lowest BCUT2D eigenvalue weighted by atomic mass is 9.76. The van der Waals surface area contributed by atoms with Crippen LogP contribution >= 0.6 is 0 Å². The van der Waals surface area contributed by atoms with E-state index in [1.807, 2.05) is 6.92 Å². The molecule has 1 N–H and O–H groups in total. The molecule has 2 unspecified atom stereocenters. The van der Waals surface area contributed by atoms with Gasteiger partial charge in [0.05, 0.1) is 10.3 Å². The minimum Gasteiger partial charge on any atom is -0.212 e. The molecule has 0 spiro atoms. The Balaban J connectivity index is 3.09. The Morgan fingerprint density at radius 1 is 1.42 bits per heavy atom. The van der Waals surface area contributed by atoms with Crippen LogP contribution in [-0.2, 0) is 10.0 Å². The number of allylic oxidation sites excluding steroid dienone is 1. The molecule has 0 fully saturated rings. The zero-order chi connectivity index (χ0) is 14.9. The van der Waals surface area contributed by atoms with Crippen LogP contribution in [0, 0.1) is 5.92 Å². The van der Waals surface area contributed by atoms with Crippen molar-refractivity contribution in [2.75, 3.05) is 0 Å². The highest BCUT2D eigenvalue weighted by atomic mass is 32.2. The predicted molar refractivity (Wildman–Crippen MR) is 81.6 cm³/mol. The van der Waals surface area contributed by atoms with Crippen LogP contribution < -0.4 is 4.72 Å². The molecule has 0 aromatic carbocycles. The number of hydrogen-bond acceptors (Lipinski definition) is 2. The van der Waals surface area contributed by atoms with Gasteiger partial charge < -0.3 is 0 Å². The molecule has 0 bridgehead atoms. The first-order valence-corrected chi connectivity index (χ1v) is 8.76. The van der Waals surface area contributed by atoms with Gasteiger partial charge in [0.1, 0.15) is 0 Å². The lowest BCUT2D eigenvalue weighted by molar-refractivity contribution is 0.370. The van der Waals surface area contributed by atoms with E-state index in [1.165, 1.54) is 5.57 Å². The summed E-state index contributed by atoms with van der Waals surface area (Å²) in [6, 6.07) is 0. The van der Waals surface area contributed by atoms with E-state index in [2.05, 4.69) is 24.6 Å². The molecule has 1 aliphatic rings. The third kappa shape index (κ3) is 3.60. The summed E-state index contributed by atoms with van der Waals surface area (Å²) in [6.07, 6.45) is 6.27. The number of sulfonamides is 1. The molecule has 0 saturated heterocycles. The summed E-state index contributed by atoms with van der Waals surface area (Å²) in [5.41, 5.74) is 0.842. The SMILES string of the molecule is CCC(C)C1=CCCCC1(C)NS(=O)(=O)C(C)(C)C. The van der Waals surface area contributed by atoms with Gasteiger partial charge in [-0.05, 0) is 59.3 Å². The van der Waals surface area contributed by atoms with Crippen LogP contribution in [0.15, 0.2) is 11.6 Å². The summed E-state index contributed by atoms with van der Waals surface area (Å²) in [7, 11) is -3.32. The largest absolute Gasteiger partial charge is 0.217 e. The van der Waals surface area contributed by atoms with Crippen molar-refractivity contribution in [3.05, 3.63) is 11.6 Å². The average molecular weight is 287 g/mol. The van der Waals surface area contributed by atoms with Crippen molar-refractivity contribution in [3.8, 4) is 0 Å². The summed E-state index contributed by atoms with van der Waals surface area (Å²) < 4.78 is 27.1. The minimum absolute atomic E-state index is 0.417. The van der Waals surface area contributed by atoms with E-state index >= 15 is 0 Å². The van der Waals surface area contributed by atoms with Gasteiger partial charge in [0.25, 0.3) is 0 Å². The smallest absolute Gasteiger partial charge is 0.212 e. The summed E-state index contributed by atoms with van der Waals surface area (Å²) in [5, 5.41) is 0. The Bertz CT molecular complexity index is 445. The van der Waals surface area contributed by atoms with Crippen LogP contribution in [-0.4, -0.2) is 18.7 Å². The first-order valence-electron chi connectivity index (χ1n) is 7.27. The van der Waals surface area contributed by atoms with Crippen molar-refractivity contribution in [2.24, 2.45) is 5.92 Å². The molecule has 0 aliphatic heterocycles. The second-order valence-electron chi connectivity index (χ2n) is 6.91. The van der Waals surface area contributed by atoms with Crippen molar-refractivity contribution < 1.29 is 8.42 Å². The fraction of sp³-hybridized carbons (Fsp3) is 0.867. The first-order chi connectivity index (χ1) is 8.53. The molecule has 0 saturated carbocycles. The van der Waals surface area contributed by atoms with Gasteiger partial charge in [-0.1, -0.05) is 25.5 Å². The molecule has 3 nitrogen and oxygen atoms in total. The predicted octanol–water partition coefficient (Wildman–Crippen LogP) is 3.62. The van der Waals surface area contributed by atoms with Gasteiger partial charge >= 0.3 is 0 Å². The van der Waals surface area contributed by atoms with Crippen LogP contribution in [0.4, 0.5) is 0 Å². The summed E-state index contributed by atoms with van der Waals surface area (Å²) in [4.78, 5) is 0. The van der Waals surface area contributed by atoms with Gasteiger partial charge in [0, 0.05) is 0 Å². The Morgan fingerprint density at radius 3 is 2.47 bits per heavy atom. The number of nitrogens with one attached hydrogen (secondary N) is 1. The van der Waals surface area contributed by atoms with E-state index in [1.54, 1.807) is 20.8 Å². The van der Waals surface area contributed by atoms with E-state index in [0.717, 1.165) is 25.7 Å². The second-order valence-corrected chi connectivity index (χ2v) is 9.35. The minimum atomic E-state index is -3.32. The average Bonchev–Trinajstić information content (AvgIpc) is 2.25. The third-order valence-corrected chi connectivity index (χ3v) is 6.52. The highest BCUT2D eigenvalue weighted by Gasteiger charge is 2.40. The maximum Gasteiger partial charge on any atom is 0.217 e. The van der Waals surface area contributed by atoms with Gasteiger partial charge in [-0.25, -0.2) is 13.1 Å². The van der Waals surface area contributed by atoms with Crippen LogP contribution in [0.25, 0.3) is 0 Å². The van der Waals surface area contributed by atoms with Crippen molar-refractivity contribution >= 4 is 10.0 Å². The fourth-order valence-corrected chi connectivity index (χ4v) is 3.73. The van der Waals surface area contributed by atoms with Crippen molar-refractivity contribution in [1.82, 2.24) is 4.72 Å². The number of rotatable bonds is 4. The Labute approximate surface area is 118 Å². The Hall–Kier alpha value is -0.350. The molecule has 4 heteroatoms.